The monoisotopic (exact) mass is 470 g/mol. The summed E-state index contributed by atoms with van der Waals surface area (Å²) in [6.07, 6.45) is 2.32. The lowest BCUT2D eigenvalue weighted by Crippen LogP contribution is -2.22. The van der Waals surface area contributed by atoms with Gasteiger partial charge in [-0.25, -0.2) is 4.98 Å². The van der Waals surface area contributed by atoms with Crippen molar-refractivity contribution in [3.63, 3.8) is 0 Å². The molecule has 1 heterocycles. The Bertz CT molecular complexity index is 1110. The summed E-state index contributed by atoms with van der Waals surface area (Å²) in [7, 11) is -2.76. The van der Waals surface area contributed by atoms with Gasteiger partial charge in [-0.05, 0) is 43.9 Å². The Balaban J connectivity index is 1.37. The highest BCUT2D eigenvalue weighted by molar-refractivity contribution is 8.24. The minimum atomic E-state index is -2.76. The van der Waals surface area contributed by atoms with E-state index in [-0.39, 0.29) is 29.8 Å². The number of thiazole rings is 1. The number of carbonyl (C=O) groups excluding carboxylic acids is 2. The molecule has 1 aliphatic carbocycles. The van der Waals surface area contributed by atoms with Gasteiger partial charge >= 0.3 is 0 Å². The van der Waals surface area contributed by atoms with Crippen molar-refractivity contribution >= 4 is 38.7 Å². The molecule has 0 fully saturated rings. The first-order valence-corrected chi connectivity index (χ1v) is 13.1. The van der Waals surface area contributed by atoms with Crippen molar-refractivity contribution in [3.8, 4) is 0 Å². The number of fused-ring (bicyclic) bond motifs is 1. The number of hydrogen-bond donors (Lipinski definition) is 3. The number of benzene rings is 2. The van der Waals surface area contributed by atoms with Crippen LogP contribution in [-0.2, 0) is 24.1 Å². The van der Waals surface area contributed by atoms with Crippen LogP contribution in [0.25, 0.3) is 0 Å². The fourth-order valence-electron chi connectivity index (χ4n) is 3.83. The standard InChI is InChI=1S/C24H26N2O4S2/c1-2-32(29,30)19-11-8-16(9-12-19)14-22(27)26-24-25-20-13-10-18(15-21(20)31-24)23(28)17-6-4-3-5-7-17/h3-9,11-12,18,29-30H,2,10,13-15H2,1H3,(H,25,26,27). The van der Waals surface area contributed by atoms with Crippen LogP contribution < -0.4 is 5.32 Å². The Morgan fingerprint density at radius 3 is 2.53 bits per heavy atom. The molecular formula is C24H26N2O4S2. The summed E-state index contributed by atoms with van der Waals surface area (Å²) in [6.45, 7) is 1.73. The highest BCUT2D eigenvalue weighted by atomic mass is 32.3. The molecule has 0 saturated heterocycles. The van der Waals surface area contributed by atoms with E-state index >= 15 is 0 Å². The molecule has 6 nitrogen and oxygen atoms in total. The maximum Gasteiger partial charge on any atom is 0.230 e. The molecular weight excluding hydrogens is 444 g/mol. The molecule has 1 aromatic heterocycles. The van der Waals surface area contributed by atoms with Crippen LogP contribution >= 0.6 is 21.9 Å². The van der Waals surface area contributed by atoms with Crippen molar-refractivity contribution in [2.75, 3.05) is 11.1 Å². The van der Waals surface area contributed by atoms with Crippen LogP contribution in [0.5, 0.6) is 0 Å². The van der Waals surface area contributed by atoms with Gasteiger partial charge in [0.05, 0.1) is 17.0 Å². The van der Waals surface area contributed by atoms with Gasteiger partial charge in [0.2, 0.25) is 5.91 Å². The number of Topliss-reactive ketones (excluding diaryl/α,β-unsaturated/α-hetero) is 1. The van der Waals surface area contributed by atoms with Crippen LogP contribution in [0.4, 0.5) is 5.13 Å². The van der Waals surface area contributed by atoms with Crippen LogP contribution in [0.1, 0.15) is 39.8 Å². The average Bonchev–Trinajstić information content (AvgIpc) is 3.20. The largest absolute Gasteiger partial charge is 0.302 e. The smallest absolute Gasteiger partial charge is 0.230 e. The molecule has 2 aromatic carbocycles. The maximum atomic E-state index is 12.8. The maximum absolute atomic E-state index is 12.8. The van der Waals surface area contributed by atoms with E-state index in [1.54, 1.807) is 31.2 Å². The normalized spacial score (nSPS) is 16.3. The number of carbonyl (C=O) groups is 2. The number of ketones is 1. The number of aryl methyl sites for hydroxylation is 1. The van der Waals surface area contributed by atoms with Crippen LogP contribution in [-0.4, -0.2) is 31.5 Å². The summed E-state index contributed by atoms with van der Waals surface area (Å²) in [5, 5.41) is 3.43. The lowest BCUT2D eigenvalue weighted by molar-refractivity contribution is -0.115. The Morgan fingerprint density at radius 1 is 1.12 bits per heavy atom. The number of rotatable bonds is 7. The van der Waals surface area contributed by atoms with Crippen molar-refractivity contribution < 1.29 is 18.7 Å². The first-order chi connectivity index (χ1) is 15.4. The van der Waals surface area contributed by atoms with E-state index in [1.165, 1.54) is 11.3 Å². The minimum absolute atomic E-state index is 0.0529. The summed E-state index contributed by atoms with van der Waals surface area (Å²) in [6, 6.07) is 16.2. The van der Waals surface area contributed by atoms with E-state index in [0.29, 0.717) is 16.4 Å². The highest BCUT2D eigenvalue weighted by Crippen LogP contribution is 2.47. The second-order valence-electron chi connectivity index (χ2n) is 7.88. The SMILES string of the molecule is CCS(O)(O)c1ccc(CC(=O)Nc2nc3c(s2)CC(C(=O)c2ccccc2)CC3)cc1. The third-order valence-corrected chi connectivity index (χ3v) is 8.55. The zero-order valence-electron chi connectivity index (χ0n) is 17.8. The molecule has 1 amide bonds. The molecule has 3 aromatic rings. The van der Waals surface area contributed by atoms with E-state index in [9.17, 15) is 18.7 Å². The molecule has 1 atom stereocenters. The summed E-state index contributed by atoms with van der Waals surface area (Å²) in [4.78, 5) is 31.4. The predicted octanol–water partition coefficient (Wildman–Crippen LogP) is 5.44. The van der Waals surface area contributed by atoms with Crippen molar-refractivity contribution in [2.45, 2.75) is 37.5 Å². The van der Waals surface area contributed by atoms with Gasteiger partial charge in [-0.3, -0.25) is 18.7 Å². The van der Waals surface area contributed by atoms with Crippen LogP contribution in [0.2, 0.25) is 0 Å². The molecule has 1 aliphatic rings. The Labute approximate surface area is 193 Å². The zero-order chi connectivity index (χ0) is 22.7. The molecule has 4 rings (SSSR count). The topological polar surface area (TPSA) is 99.5 Å². The van der Waals surface area contributed by atoms with E-state index < -0.39 is 10.6 Å². The van der Waals surface area contributed by atoms with Gasteiger partial charge in [0.1, 0.15) is 0 Å². The number of nitrogens with zero attached hydrogens (tertiary/aromatic N) is 1. The third kappa shape index (κ3) is 5.10. The van der Waals surface area contributed by atoms with Crippen molar-refractivity contribution in [2.24, 2.45) is 5.92 Å². The molecule has 1 unspecified atom stereocenters. The summed E-state index contributed by atoms with van der Waals surface area (Å²) >= 11 is 1.44. The van der Waals surface area contributed by atoms with E-state index in [2.05, 4.69) is 10.3 Å². The average molecular weight is 471 g/mol. The second-order valence-corrected chi connectivity index (χ2v) is 11.3. The summed E-state index contributed by atoms with van der Waals surface area (Å²) < 4.78 is 20.0. The molecule has 8 heteroatoms. The van der Waals surface area contributed by atoms with Crippen molar-refractivity contribution in [1.82, 2.24) is 4.98 Å². The first-order valence-electron chi connectivity index (χ1n) is 10.6. The minimum Gasteiger partial charge on any atom is -0.302 e. The van der Waals surface area contributed by atoms with Gasteiger partial charge in [0.15, 0.2) is 10.9 Å². The fraction of sp³-hybridized carbons (Fsp3) is 0.292. The number of anilines is 1. The van der Waals surface area contributed by atoms with E-state index in [0.717, 1.165) is 34.5 Å². The van der Waals surface area contributed by atoms with Gasteiger partial charge in [-0.15, -0.1) is 11.3 Å². The van der Waals surface area contributed by atoms with Gasteiger partial charge in [0, 0.05) is 22.1 Å². The first kappa shape index (κ1) is 22.7. The van der Waals surface area contributed by atoms with Crippen LogP contribution in [0, 0.1) is 5.92 Å². The van der Waals surface area contributed by atoms with E-state index in [1.807, 2.05) is 30.3 Å². The molecule has 0 saturated carbocycles. The van der Waals surface area contributed by atoms with Gasteiger partial charge in [-0.1, -0.05) is 42.5 Å². The molecule has 168 valence electrons. The lowest BCUT2D eigenvalue weighted by atomic mass is 9.85. The predicted molar refractivity (Wildman–Crippen MR) is 129 cm³/mol. The third-order valence-electron chi connectivity index (χ3n) is 5.68. The Kier molecular flexibility index (Phi) is 6.76. The van der Waals surface area contributed by atoms with Crippen molar-refractivity contribution in [3.05, 3.63) is 76.3 Å². The zero-order valence-corrected chi connectivity index (χ0v) is 19.4. The molecule has 0 aliphatic heterocycles. The molecule has 0 bridgehead atoms. The molecule has 0 radical (unpaired) electrons. The number of nitrogens with one attached hydrogen (secondary N) is 1. The summed E-state index contributed by atoms with van der Waals surface area (Å²) in [5.74, 6) is 0.198. The number of amides is 1. The Morgan fingerprint density at radius 2 is 1.84 bits per heavy atom. The quantitative estimate of drug-likeness (QED) is 0.399. The van der Waals surface area contributed by atoms with Gasteiger partial charge in [-0.2, -0.15) is 10.6 Å². The fourth-order valence-corrected chi connectivity index (χ4v) is 5.84. The molecule has 3 N–H and O–H groups in total. The molecule has 0 spiro atoms. The van der Waals surface area contributed by atoms with E-state index in [4.69, 9.17) is 0 Å². The number of hydrogen-bond acceptors (Lipinski definition) is 6. The second kappa shape index (κ2) is 9.54. The van der Waals surface area contributed by atoms with Gasteiger partial charge < -0.3 is 5.32 Å². The lowest BCUT2D eigenvalue weighted by Gasteiger charge is -2.30. The number of aromatic nitrogens is 1. The highest BCUT2D eigenvalue weighted by Gasteiger charge is 2.28. The molecule has 32 heavy (non-hydrogen) atoms. The summed E-state index contributed by atoms with van der Waals surface area (Å²) in [5.41, 5.74) is 2.49. The van der Waals surface area contributed by atoms with Crippen molar-refractivity contribution in [1.29, 1.82) is 0 Å². The van der Waals surface area contributed by atoms with Crippen LogP contribution in [0.15, 0.2) is 59.5 Å². The van der Waals surface area contributed by atoms with Gasteiger partial charge in [0.25, 0.3) is 0 Å². The van der Waals surface area contributed by atoms with Crippen LogP contribution in [0.3, 0.4) is 0 Å². The Hall–Kier alpha value is -2.52.